The maximum Gasteiger partial charge on any atom is 0.127 e. The Labute approximate surface area is 128 Å². The highest BCUT2D eigenvalue weighted by Gasteiger charge is 2.11. The summed E-state index contributed by atoms with van der Waals surface area (Å²) < 4.78 is 5.67. The van der Waals surface area contributed by atoms with E-state index in [4.69, 9.17) is 4.42 Å². The topological polar surface area (TPSA) is 28.4 Å². The molecule has 3 nitrogen and oxygen atoms in total. The molecular formula is C18H26N2O. The Balaban J connectivity index is 2.09. The van der Waals surface area contributed by atoms with Gasteiger partial charge in [0.15, 0.2) is 0 Å². The largest absolute Gasteiger partial charge is 0.467 e. The van der Waals surface area contributed by atoms with E-state index < -0.39 is 0 Å². The van der Waals surface area contributed by atoms with Gasteiger partial charge < -0.3 is 14.6 Å². The van der Waals surface area contributed by atoms with Gasteiger partial charge in [-0.1, -0.05) is 31.5 Å². The van der Waals surface area contributed by atoms with Crippen molar-refractivity contribution in [2.75, 3.05) is 11.9 Å². The molecule has 114 valence electrons. The van der Waals surface area contributed by atoms with Gasteiger partial charge in [-0.05, 0) is 31.5 Å². The molecule has 2 rings (SSSR count). The Morgan fingerprint density at radius 3 is 2.62 bits per heavy atom. The van der Waals surface area contributed by atoms with Crippen LogP contribution < -0.4 is 10.2 Å². The number of hydrogen-bond donors (Lipinski definition) is 1. The lowest BCUT2D eigenvalue weighted by Gasteiger charge is -2.21. The lowest BCUT2D eigenvalue weighted by molar-refractivity contribution is 0.495. The molecule has 1 aromatic heterocycles. The Morgan fingerprint density at radius 1 is 1.19 bits per heavy atom. The van der Waals surface area contributed by atoms with Crippen molar-refractivity contribution in [2.45, 2.75) is 46.8 Å². The maximum absolute atomic E-state index is 5.67. The van der Waals surface area contributed by atoms with Crippen LogP contribution in [0.4, 0.5) is 5.69 Å². The second-order valence-electron chi connectivity index (χ2n) is 6.05. The highest BCUT2D eigenvalue weighted by Crippen LogP contribution is 2.23. The quantitative estimate of drug-likeness (QED) is 0.869. The van der Waals surface area contributed by atoms with E-state index in [1.165, 1.54) is 22.4 Å². The summed E-state index contributed by atoms with van der Waals surface area (Å²) in [6.07, 6.45) is 1.78. The second-order valence-corrected chi connectivity index (χ2v) is 6.05. The highest BCUT2D eigenvalue weighted by molar-refractivity contribution is 5.54. The average molecular weight is 286 g/mol. The zero-order valence-corrected chi connectivity index (χ0v) is 13.7. The predicted octanol–water partition coefficient (Wildman–Crippen LogP) is 4.03. The van der Waals surface area contributed by atoms with Gasteiger partial charge in [-0.15, -0.1) is 0 Å². The van der Waals surface area contributed by atoms with Gasteiger partial charge >= 0.3 is 0 Å². The zero-order valence-electron chi connectivity index (χ0n) is 13.7. The molecule has 0 saturated carbocycles. The third kappa shape index (κ3) is 4.11. The summed E-state index contributed by atoms with van der Waals surface area (Å²) in [6.45, 7) is 10.2. The van der Waals surface area contributed by atoms with Crippen molar-refractivity contribution in [2.24, 2.45) is 0 Å². The summed E-state index contributed by atoms with van der Waals surface area (Å²) >= 11 is 0. The molecule has 21 heavy (non-hydrogen) atoms. The minimum Gasteiger partial charge on any atom is -0.467 e. The van der Waals surface area contributed by atoms with Gasteiger partial charge in [0.05, 0.1) is 12.8 Å². The molecule has 0 unspecified atom stereocenters. The van der Waals surface area contributed by atoms with E-state index in [0.717, 1.165) is 18.8 Å². The van der Waals surface area contributed by atoms with Crippen molar-refractivity contribution in [3.63, 3.8) is 0 Å². The van der Waals surface area contributed by atoms with Crippen molar-refractivity contribution in [3.05, 3.63) is 53.0 Å². The maximum atomic E-state index is 5.67. The number of benzene rings is 1. The molecule has 2 aromatic rings. The molecule has 0 saturated heterocycles. The molecule has 0 radical (unpaired) electrons. The minimum atomic E-state index is 0.477. The van der Waals surface area contributed by atoms with Crippen LogP contribution in [0.3, 0.4) is 0 Å². The number of rotatable bonds is 6. The summed E-state index contributed by atoms with van der Waals surface area (Å²) in [5.41, 5.74) is 5.08. The SMILES string of the molecule is Cc1ccc(N(C)Cc2occc2CNC(C)C)c(C)c1. The van der Waals surface area contributed by atoms with E-state index in [1.807, 2.05) is 0 Å². The first kappa shape index (κ1) is 15.6. The summed E-state index contributed by atoms with van der Waals surface area (Å²) in [4.78, 5) is 2.24. The van der Waals surface area contributed by atoms with Crippen molar-refractivity contribution >= 4 is 5.69 Å². The third-order valence-corrected chi connectivity index (χ3v) is 3.68. The van der Waals surface area contributed by atoms with Crippen LogP contribution >= 0.6 is 0 Å². The second kappa shape index (κ2) is 6.81. The van der Waals surface area contributed by atoms with Crippen LogP contribution in [0.1, 0.15) is 36.3 Å². The Kier molecular flexibility index (Phi) is 5.07. The molecule has 0 fully saturated rings. The van der Waals surface area contributed by atoms with Gasteiger partial charge in [0.1, 0.15) is 5.76 Å². The van der Waals surface area contributed by atoms with E-state index in [-0.39, 0.29) is 0 Å². The fraction of sp³-hybridized carbons (Fsp3) is 0.444. The molecule has 0 aliphatic rings. The molecule has 1 aromatic carbocycles. The van der Waals surface area contributed by atoms with Crippen LogP contribution in [0, 0.1) is 13.8 Å². The Bertz CT molecular complexity index is 587. The van der Waals surface area contributed by atoms with Gasteiger partial charge in [-0.25, -0.2) is 0 Å². The monoisotopic (exact) mass is 286 g/mol. The first-order valence-corrected chi connectivity index (χ1v) is 7.54. The number of hydrogen-bond acceptors (Lipinski definition) is 3. The van der Waals surface area contributed by atoms with Crippen molar-refractivity contribution < 1.29 is 4.42 Å². The van der Waals surface area contributed by atoms with Crippen LogP contribution in [0.25, 0.3) is 0 Å². The lowest BCUT2D eigenvalue weighted by atomic mass is 10.1. The molecule has 1 heterocycles. The van der Waals surface area contributed by atoms with Gasteiger partial charge in [0.25, 0.3) is 0 Å². The van der Waals surface area contributed by atoms with Crippen LogP contribution in [0.15, 0.2) is 34.9 Å². The molecule has 0 bridgehead atoms. The van der Waals surface area contributed by atoms with Crippen molar-refractivity contribution in [1.29, 1.82) is 0 Å². The molecule has 0 spiro atoms. The summed E-state index contributed by atoms with van der Waals surface area (Å²) in [6, 6.07) is 9.09. The number of anilines is 1. The number of aryl methyl sites for hydroxylation is 2. The molecule has 0 atom stereocenters. The first-order valence-electron chi connectivity index (χ1n) is 7.54. The van der Waals surface area contributed by atoms with Crippen molar-refractivity contribution in [3.8, 4) is 0 Å². The Morgan fingerprint density at radius 2 is 1.95 bits per heavy atom. The van der Waals surface area contributed by atoms with Crippen molar-refractivity contribution in [1.82, 2.24) is 5.32 Å². The molecule has 1 N–H and O–H groups in total. The predicted molar refractivity (Wildman–Crippen MR) is 88.7 cm³/mol. The van der Waals surface area contributed by atoms with E-state index in [2.05, 4.69) is 69.2 Å². The summed E-state index contributed by atoms with van der Waals surface area (Å²) in [5.74, 6) is 1.03. The summed E-state index contributed by atoms with van der Waals surface area (Å²) in [7, 11) is 2.11. The van der Waals surface area contributed by atoms with Gasteiger partial charge in [0.2, 0.25) is 0 Å². The van der Waals surface area contributed by atoms with Crippen LogP contribution in [-0.4, -0.2) is 13.1 Å². The normalized spacial score (nSPS) is 11.1. The standard InChI is InChI=1S/C18H26N2O/c1-13(2)19-11-16-8-9-21-18(16)12-20(5)17-7-6-14(3)10-15(17)4/h6-10,13,19H,11-12H2,1-5H3. The molecule has 0 amide bonds. The summed E-state index contributed by atoms with van der Waals surface area (Å²) in [5, 5.41) is 3.44. The first-order chi connectivity index (χ1) is 9.97. The molecule has 3 heteroatoms. The zero-order chi connectivity index (χ0) is 15.4. The molecule has 0 aliphatic carbocycles. The number of furan rings is 1. The molecule has 0 aliphatic heterocycles. The van der Waals surface area contributed by atoms with Gasteiger partial charge in [-0.2, -0.15) is 0 Å². The van der Waals surface area contributed by atoms with Crippen LogP contribution in [0.5, 0.6) is 0 Å². The van der Waals surface area contributed by atoms with Gasteiger partial charge in [-0.3, -0.25) is 0 Å². The van der Waals surface area contributed by atoms with E-state index >= 15 is 0 Å². The van der Waals surface area contributed by atoms with E-state index in [9.17, 15) is 0 Å². The average Bonchev–Trinajstić information content (AvgIpc) is 2.83. The fourth-order valence-electron chi connectivity index (χ4n) is 2.51. The minimum absolute atomic E-state index is 0.477. The Hall–Kier alpha value is -1.74. The third-order valence-electron chi connectivity index (χ3n) is 3.68. The number of nitrogens with zero attached hydrogens (tertiary/aromatic N) is 1. The highest BCUT2D eigenvalue weighted by atomic mass is 16.3. The van der Waals surface area contributed by atoms with E-state index in [0.29, 0.717) is 6.04 Å². The van der Waals surface area contributed by atoms with Crippen LogP contribution in [0.2, 0.25) is 0 Å². The number of nitrogens with one attached hydrogen (secondary N) is 1. The van der Waals surface area contributed by atoms with E-state index in [1.54, 1.807) is 6.26 Å². The lowest BCUT2D eigenvalue weighted by Crippen LogP contribution is -2.23. The molecular weight excluding hydrogens is 260 g/mol. The van der Waals surface area contributed by atoms with Gasteiger partial charge in [0, 0.05) is 30.9 Å². The smallest absolute Gasteiger partial charge is 0.127 e. The fourth-order valence-corrected chi connectivity index (χ4v) is 2.51. The van der Waals surface area contributed by atoms with Crippen LogP contribution in [-0.2, 0) is 13.1 Å².